The average molecular weight is 308 g/mol. The zero-order valence-electron chi connectivity index (χ0n) is 12.4. The Kier molecular flexibility index (Phi) is 6.06. The number of esters is 1. The van der Waals surface area contributed by atoms with Crippen LogP contribution in [0, 0.1) is 10.1 Å². The first-order valence-corrected chi connectivity index (χ1v) is 6.37. The van der Waals surface area contributed by atoms with Crippen LogP contribution in [0.2, 0.25) is 0 Å². The van der Waals surface area contributed by atoms with E-state index in [1.807, 2.05) is 0 Å². The van der Waals surface area contributed by atoms with Crippen molar-refractivity contribution in [3.8, 4) is 5.75 Å². The number of rotatable bonds is 6. The van der Waals surface area contributed by atoms with Gasteiger partial charge in [-0.2, -0.15) is 0 Å². The van der Waals surface area contributed by atoms with Crippen LogP contribution in [0.15, 0.2) is 30.0 Å². The van der Waals surface area contributed by atoms with Crippen LogP contribution in [0.5, 0.6) is 5.75 Å². The number of hydrogen-bond acceptors (Lipinski definition) is 6. The van der Waals surface area contributed by atoms with Crippen molar-refractivity contribution < 1.29 is 24.0 Å². The second kappa shape index (κ2) is 7.77. The van der Waals surface area contributed by atoms with E-state index >= 15 is 0 Å². The SMILES string of the molecule is CCOC(=O)/C=C(\C)NC(=O)c1ccc(OC)c([N+](=O)[O-])c1. The lowest BCUT2D eigenvalue weighted by molar-refractivity contribution is -0.385. The van der Waals surface area contributed by atoms with Gasteiger partial charge in [0.05, 0.1) is 18.6 Å². The quantitative estimate of drug-likeness (QED) is 0.371. The first kappa shape index (κ1) is 17.2. The molecule has 0 unspecified atom stereocenters. The summed E-state index contributed by atoms with van der Waals surface area (Å²) < 4.78 is 9.56. The summed E-state index contributed by atoms with van der Waals surface area (Å²) in [6.07, 6.45) is 1.12. The van der Waals surface area contributed by atoms with E-state index in [2.05, 4.69) is 5.32 Å². The molecule has 0 bridgehead atoms. The monoisotopic (exact) mass is 308 g/mol. The molecule has 0 atom stereocenters. The van der Waals surface area contributed by atoms with Gasteiger partial charge in [-0.05, 0) is 26.0 Å². The van der Waals surface area contributed by atoms with E-state index < -0.39 is 16.8 Å². The molecule has 1 aromatic carbocycles. The maximum absolute atomic E-state index is 12.0. The van der Waals surface area contributed by atoms with Crippen LogP contribution in [0.1, 0.15) is 24.2 Å². The summed E-state index contributed by atoms with van der Waals surface area (Å²) in [5.41, 5.74) is 0.0215. The number of carbonyl (C=O) groups excluding carboxylic acids is 2. The van der Waals surface area contributed by atoms with E-state index in [1.54, 1.807) is 6.92 Å². The Labute approximate surface area is 126 Å². The van der Waals surface area contributed by atoms with Crippen LogP contribution in [0.3, 0.4) is 0 Å². The Balaban J connectivity index is 2.92. The largest absolute Gasteiger partial charge is 0.490 e. The van der Waals surface area contributed by atoms with Crippen LogP contribution in [-0.4, -0.2) is 30.5 Å². The molecule has 0 heterocycles. The molecule has 0 aliphatic rings. The van der Waals surface area contributed by atoms with Crippen molar-refractivity contribution in [2.24, 2.45) is 0 Å². The van der Waals surface area contributed by atoms with Crippen LogP contribution >= 0.6 is 0 Å². The Bertz CT molecular complexity index is 624. The Morgan fingerprint density at radius 3 is 2.64 bits per heavy atom. The highest BCUT2D eigenvalue weighted by Crippen LogP contribution is 2.27. The third-order valence-electron chi connectivity index (χ3n) is 2.57. The first-order chi connectivity index (χ1) is 10.4. The summed E-state index contributed by atoms with van der Waals surface area (Å²) in [6.45, 7) is 3.39. The summed E-state index contributed by atoms with van der Waals surface area (Å²) in [4.78, 5) is 33.5. The molecule has 0 spiro atoms. The molecule has 1 N–H and O–H groups in total. The van der Waals surface area contributed by atoms with Crippen molar-refractivity contribution in [1.29, 1.82) is 0 Å². The van der Waals surface area contributed by atoms with Crippen LogP contribution in [0.4, 0.5) is 5.69 Å². The number of hydrogen-bond donors (Lipinski definition) is 1. The van der Waals surface area contributed by atoms with Gasteiger partial charge in [-0.1, -0.05) is 0 Å². The lowest BCUT2D eigenvalue weighted by Crippen LogP contribution is -2.22. The van der Waals surface area contributed by atoms with Gasteiger partial charge in [-0.3, -0.25) is 14.9 Å². The second-order valence-corrected chi connectivity index (χ2v) is 4.18. The number of ether oxygens (including phenoxy) is 2. The maximum Gasteiger partial charge on any atom is 0.332 e. The molecule has 1 rings (SSSR count). The summed E-state index contributed by atoms with van der Waals surface area (Å²) in [7, 11) is 1.30. The molecule has 8 nitrogen and oxygen atoms in total. The predicted octanol–water partition coefficient (Wildman–Crippen LogP) is 1.80. The van der Waals surface area contributed by atoms with Crippen LogP contribution in [-0.2, 0) is 9.53 Å². The van der Waals surface area contributed by atoms with Crippen molar-refractivity contribution in [1.82, 2.24) is 5.32 Å². The minimum absolute atomic E-state index is 0.0559. The van der Waals surface area contributed by atoms with Gasteiger partial charge in [0.25, 0.3) is 5.91 Å². The fourth-order valence-corrected chi connectivity index (χ4v) is 1.62. The number of nitrogens with zero attached hydrogens (tertiary/aromatic N) is 1. The zero-order chi connectivity index (χ0) is 16.7. The molecule has 0 radical (unpaired) electrons. The van der Waals surface area contributed by atoms with E-state index in [1.165, 1.54) is 26.2 Å². The molecule has 0 aliphatic heterocycles. The highest BCUT2D eigenvalue weighted by Gasteiger charge is 2.18. The number of benzene rings is 1. The molecule has 0 fully saturated rings. The highest BCUT2D eigenvalue weighted by atomic mass is 16.6. The number of nitro groups is 1. The van der Waals surface area contributed by atoms with Crippen LogP contribution in [0.25, 0.3) is 0 Å². The zero-order valence-corrected chi connectivity index (χ0v) is 12.4. The van der Waals surface area contributed by atoms with Gasteiger partial charge < -0.3 is 14.8 Å². The van der Waals surface area contributed by atoms with Gasteiger partial charge >= 0.3 is 11.7 Å². The summed E-state index contributed by atoms with van der Waals surface area (Å²) >= 11 is 0. The lowest BCUT2D eigenvalue weighted by atomic mass is 10.1. The molecular weight excluding hydrogens is 292 g/mol. The number of amides is 1. The summed E-state index contributed by atoms with van der Waals surface area (Å²) in [5, 5.41) is 13.4. The van der Waals surface area contributed by atoms with Crippen molar-refractivity contribution in [2.45, 2.75) is 13.8 Å². The van der Waals surface area contributed by atoms with Gasteiger partial charge in [0.15, 0.2) is 5.75 Å². The number of allylic oxidation sites excluding steroid dienone is 1. The topological polar surface area (TPSA) is 108 Å². The number of nitrogens with one attached hydrogen (secondary N) is 1. The molecule has 0 saturated carbocycles. The van der Waals surface area contributed by atoms with Gasteiger partial charge in [-0.25, -0.2) is 4.79 Å². The molecule has 0 saturated heterocycles. The molecule has 1 aromatic rings. The number of methoxy groups -OCH3 is 1. The number of carbonyl (C=O) groups is 2. The van der Waals surface area contributed by atoms with E-state index in [9.17, 15) is 19.7 Å². The Morgan fingerprint density at radius 1 is 1.41 bits per heavy atom. The van der Waals surface area contributed by atoms with E-state index in [4.69, 9.17) is 9.47 Å². The van der Waals surface area contributed by atoms with Gasteiger partial charge in [0.2, 0.25) is 0 Å². The van der Waals surface area contributed by atoms with E-state index in [0.717, 1.165) is 12.1 Å². The van der Waals surface area contributed by atoms with E-state index in [0.29, 0.717) is 0 Å². The minimum Gasteiger partial charge on any atom is -0.490 e. The standard InChI is InChI=1S/C14H16N2O6/c1-4-22-13(17)7-9(2)15-14(18)10-5-6-12(21-3)11(8-10)16(19)20/h5-8H,4H2,1-3H3,(H,15,18)/b9-7+. The molecule has 8 heteroatoms. The lowest BCUT2D eigenvalue weighted by Gasteiger charge is -2.07. The fraction of sp³-hybridized carbons (Fsp3) is 0.286. The smallest absolute Gasteiger partial charge is 0.332 e. The Morgan fingerprint density at radius 2 is 2.09 bits per heavy atom. The predicted molar refractivity (Wildman–Crippen MR) is 77.5 cm³/mol. The maximum atomic E-state index is 12.0. The third-order valence-corrected chi connectivity index (χ3v) is 2.57. The normalized spacial score (nSPS) is 10.8. The van der Waals surface area contributed by atoms with Crippen molar-refractivity contribution >= 4 is 17.6 Å². The number of nitro benzene ring substituents is 1. The van der Waals surface area contributed by atoms with Gasteiger partial charge in [-0.15, -0.1) is 0 Å². The van der Waals surface area contributed by atoms with E-state index in [-0.39, 0.29) is 29.3 Å². The first-order valence-electron chi connectivity index (χ1n) is 6.37. The molecule has 1 amide bonds. The van der Waals surface area contributed by atoms with Crippen molar-refractivity contribution in [3.05, 3.63) is 45.6 Å². The third kappa shape index (κ3) is 4.58. The summed E-state index contributed by atoms with van der Waals surface area (Å²) in [6, 6.07) is 3.82. The molecular formula is C14H16N2O6. The van der Waals surface area contributed by atoms with Crippen molar-refractivity contribution in [2.75, 3.05) is 13.7 Å². The molecule has 0 aliphatic carbocycles. The van der Waals surface area contributed by atoms with Gasteiger partial charge in [0.1, 0.15) is 0 Å². The van der Waals surface area contributed by atoms with Crippen LogP contribution < -0.4 is 10.1 Å². The minimum atomic E-state index is -0.642. The van der Waals surface area contributed by atoms with Gasteiger partial charge in [0, 0.05) is 23.4 Å². The average Bonchev–Trinajstić information content (AvgIpc) is 2.46. The molecule has 0 aromatic heterocycles. The fourth-order valence-electron chi connectivity index (χ4n) is 1.62. The second-order valence-electron chi connectivity index (χ2n) is 4.18. The molecule has 118 valence electrons. The molecule has 22 heavy (non-hydrogen) atoms. The Hall–Kier alpha value is -2.90. The highest BCUT2D eigenvalue weighted by molar-refractivity contribution is 5.97. The summed E-state index contributed by atoms with van der Waals surface area (Å²) in [5.74, 6) is -1.11. The van der Waals surface area contributed by atoms with Crippen molar-refractivity contribution in [3.63, 3.8) is 0 Å².